The first-order valence-electron chi connectivity index (χ1n) is 5.78. The second-order valence-corrected chi connectivity index (χ2v) is 6.28. The Balaban J connectivity index is 3.07. The molecule has 0 bridgehead atoms. The molecule has 1 aromatic rings. The number of rotatable bonds is 5. The van der Waals surface area contributed by atoms with Gasteiger partial charge in [-0.3, -0.25) is 0 Å². The van der Waals surface area contributed by atoms with Crippen LogP contribution in [0.3, 0.4) is 0 Å². The van der Waals surface area contributed by atoms with Gasteiger partial charge in [-0.15, -0.1) is 0 Å². The van der Waals surface area contributed by atoms with E-state index in [1.54, 1.807) is 6.92 Å². The Hall–Kier alpha value is -1.45. The van der Waals surface area contributed by atoms with Gasteiger partial charge in [0.1, 0.15) is 16.7 Å². The van der Waals surface area contributed by atoms with Crippen molar-refractivity contribution in [2.45, 2.75) is 25.7 Å². The lowest BCUT2D eigenvalue weighted by molar-refractivity contribution is 0.380. The highest BCUT2D eigenvalue weighted by Gasteiger charge is 2.23. The minimum atomic E-state index is -3.51. The molecule has 5 nitrogen and oxygen atoms in total. The van der Waals surface area contributed by atoms with E-state index < -0.39 is 10.0 Å². The van der Waals surface area contributed by atoms with Gasteiger partial charge in [0.15, 0.2) is 0 Å². The molecule has 6 heteroatoms. The fraction of sp³-hybridized carbons (Fsp3) is 0.500. The van der Waals surface area contributed by atoms with Crippen LogP contribution in [0.4, 0.5) is 0 Å². The molecule has 0 unspecified atom stereocenters. The first-order chi connectivity index (χ1) is 8.41. The summed E-state index contributed by atoms with van der Waals surface area (Å²) in [6, 6.07) is 4.69. The quantitative estimate of drug-likeness (QED) is 0.812. The topological polar surface area (TPSA) is 74.1 Å². The Kier molecular flexibility index (Phi) is 4.82. The van der Waals surface area contributed by atoms with Crippen LogP contribution in [0.25, 0.3) is 0 Å². The summed E-state index contributed by atoms with van der Waals surface area (Å²) in [4.78, 5) is 3.92. The summed E-state index contributed by atoms with van der Waals surface area (Å²) >= 11 is 0. The van der Waals surface area contributed by atoms with Crippen LogP contribution < -0.4 is 0 Å². The van der Waals surface area contributed by atoms with E-state index in [1.807, 2.05) is 19.9 Å². The van der Waals surface area contributed by atoms with Gasteiger partial charge in [0.25, 0.3) is 0 Å². The van der Waals surface area contributed by atoms with Crippen LogP contribution in [0, 0.1) is 17.2 Å². The van der Waals surface area contributed by atoms with Gasteiger partial charge < -0.3 is 0 Å². The maximum atomic E-state index is 12.3. The second kappa shape index (κ2) is 5.94. The molecule has 1 rings (SSSR count). The number of aromatic nitrogens is 1. The molecular weight excluding hydrogens is 250 g/mol. The molecule has 0 atom stereocenters. The van der Waals surface area contributed by atoms with Crippen molar-refractivity contribution in [1.82, 2.24) is 9.29 Å². The summed E-state index contributed by atoms with van der Waals surface area (Å²) < 4.78 is 26.0. The average molecular weight is 267 g/mol. The molecule has 0 aromatic carbocycles. The van der Waals surface area contributed by atoms with Gasteiger partial charge in [0.05, 0.1) is 0 Å². The Morgan fingerprint density at radius 3 is 2.50 bits per heavy atom. The van der Waals surface area contributed by atoms with Gasteiger partial charge in [-0.05, 0) is 18.1 Å². The smallest absolute Gasteiger partial charge is 0.244 e. The van der Waals surface area contributed by atoms with Crippen molar-refractivity contribution in [2.75, 3.05) is 13.1 Å². The summed E-state index contributed by atoms with van der Waals surface area (Å²) in [5.41, 5.74) is 0.209. The zero-order chi connectivity index (χ0) is 13.8. The fourth-order valence-corrected chi connectivity index (χ4v) is 3.11. The number of pyridine rings is 1. The van der Waals surface area contributed by atoms with Crippen LogP contribution in [-0.2, 0) is 10.0 Å². The molecule has 1 aromatic heterocycles. The first-order valence-corrected chi connectivity index (χ1v) is 7.22. The molecule has 1 heterocycles. The molecule has 0 radical (unpaired) electrons. The van der Waals surface area contributed by atoms with Crippen LogP contribution in [-0.4, -0.2) is 30.8 Å². The third-order valence-corrected chi connectivity index (χ3v) is 4.33. The standard InChI is InChI=1S/C12H17N3O2S/c1-4-15(9-10(2)3)18(16,17)12-6-5-11(7-13)14-8-12/h5-6,8,10H,4,9H2,1-3H3. The molecule has 0 amide bonds. The lowest BCUT2D eigenvalue weighted by Crippen LogP contribution is -2.34. The Morgan fingerprint density at radius 2 is 2.11 bits per heavy atom. The largest absolute Gasteiger partial charge is 0.244 e. The summed E-state index contributed by atoms with van der Waals surface area (Å²) in [7, 11) is -3.51. The third-order valence-electron chi connectivity index (χ3n) is 2.41. The van der Waals surface area contributed by atoms with E-state index in [1.165, 1.54) is 22.6 Å². The molecular formula is C12H17N3O2S. The van der Waals surface area contributed by atoms with Crippen LogP contribution in [0.2, 0.25) is 0 Å². The van der Waals surface area contributed by atoms with Crippen molar-refractivity contribution in [2.24, 2.45) is 5.92 Å². The molecule has 0 aliphatic heterocycles. The molecule has 0 saturated heterocycles. The number of nitrogens with zero attached hydrogens (tertiary/aromatic N) is 3. The van der Waals surface area contributed by atoms with Gasteiger partial charge in [0, 0.05) is 19.3 Å². The molecule has 0 saturated carbocycles. The van der Waals surface area contributed by atoms with Crippen molar-refractivity contribution < 1.29 is 8.42 Å². The van der Waals surface area contributed by atoms with Crippen molar-refractivity contribution >= 4 is 10.0 Å². The van der Waals surface area contributed by atoms with Gasteiger partial charge in [-0.1, -0.05) is 20.8 Å². The summed E-state index contributed by atoms with van der Waals surface area (Å²) in [5.74, 6) is 0.256. The Morgan fingerprint density at radius 1 is 1.44 bits per heavy atom. The molecule has 0 aliphatic rings. The predicted molar refractivity (Wildman–Crippen MR) is 68.2 cm³/mol. The number of hydrogen-bond donors (Lipinski definition) is 0. The fourth-order valence-electron chi connectivity index (χ4n) is 1.55. The van der Waals surface area contributed by atoms with Crippen molar-refractivity contribution in [1.29, 1.82) is 5.26 Å². The summed E-state index contributed by atoms with van der Waals surface area (Å²) in [6.07, 6.45) is 1.23. The maximum Gasteiger partial charge on any atom is 0.244 e. The first kappa shape index (κ1) is 14.6. The Labute approximate surface area is 108 Å². The van der Waals surface area contributed by atoms with E-state index in [2.05, 4.69) is 4.98 Å². The zero-order valence-electron chi connectivity index (χ0n) is 10.8. The lowest BCUT2D eigenvalue weighted by atomic mass is 10.2. The summed E-state index contributed by atoms with van der Waals surface area (Å²) in [6.45, 7) is 6.63. The highest BCUT2D eigenvalue weighted by atomic mass is 32.2. The molecule has 0 N–H and O–H groups in total. The van der Waals surface area contributed by atoms with Gasteiger partial charge >= 0.3 is 0 Å². The van der Waals surface area contributed by atoms with E-state index in [4.69, 9.17) is 5.26 Å². The number of sulfonamides is 1. The van der Waals surface area contributed by atoms with E-state index >= 15 is 0 Å². The number of hydrogen-bond acceptors (Lipinski definition) is 4. The minimum Gasteiger partial charge on any atom is -0.244 e. The van der Waals surface area contributed by atoms with E-state index in [0.29, 0.717) is 13.1 Å². The van der Waals surface area contributed by atoms with E-state index in [0.717, 1.165) is 0 Å². The van der Waals surface area contributed by atoms with Crippen LogP contribution in [0.5, 0.6) is 0 Å². The maximum absolute atomic E-state index is 12.3. The van der Waals surface area contributed by atoms with Crippen molar-refractivity contribution in [3.8, 4) is 6.07 Å². The van der Waals surface area contributed by atoms with E-state index in [-0.39, 0.29) is 16.5 Å². The van der Waals surface area contributed by atoms with Gasteiger partial charge in [-0.25, -0.2) is 13.4 Å². The second-order valence-electron chi connectivity index (χ2n) is 4.34. The predicted octanol–water partition coefficient (Wildman–Crippen LogP) is 1.62. The zero-order valence-corrected chi connectivity index (χ0v) is 11.6. The number of nitriles is 1. The molecule has 0 spiro atoms. The van der Waals surface area contributed by atoms with Crippen LogP contribution >= 0.6 is 0 Å². The SMILES string of the molecule is CCN(CC(C)C)S(=O)(=O)c1ccc(C#N)nc1. The van der Waals surface area contributed by atoms with Crippen LogP contribution in [0.1, 0.15) is 26.5 Å². The monoisotopic (exact) mass is 267 g/mol. The van der Waals surface area contributed by atoms with Crippen molar-refractivity contribution in [3.63, 3.8) is 0 Å². The van der Waals surface area contributed by atoms with Crippen LogP contribution in [0.15, 0.2) is 23.2 Å². The molecule has 0 aliphatic carbocycles. The summed E-state index contributed by atoms with van der Waals surface area (Å²) in [5, 5.41) is 8.63. The van der Waals surface area contributed by atoms with Crippen molar-refractivity contribution in [3.05, 3.63) is 24.0 Å². The molecule has 98 valence electrons. The minimum absolute atomic E-state index is 0.129. The van der Waals surface area contributed by atoms with Gasteiger partial charge in [-0.2, -0.15) is 9.57 Å². The highest BCUT2D eigenvalue weighted by molar-refractivity contribution is 7.89. The lowest BCUT2D eigenvalue weighted by Gasteiger charge is -2.22. The highest BCUT2D eigenvalue weighted by Crippen LogP contribution is 2.16. The normalized spacial score (nSPS) is 11.8. The average Bonchev–Trinajstić information content (AvgIpc) is 2.35. The van der Waals surface area contributed by atoms with Gasteiger partial charge in [0.2, 0.25) is 10.0 Å². The van der Waals surface area contributed by atoms with E-state index in [9.17, 15) is 8.42 Å². The molecule has 18 heavy (non-hydrogen) atoms. The Bertz CT molecular complexity index is 529. The molecule has 0 fully saturated rings. The third kappa shape index (κ3) is 3.28.